The van der Waals surface area contributed by atoms with Crippen LogP contribution in [0.2, 0.25) is 0 Å². The molecular weight excluding hydrogens is 424 g/mol. The SMILES string of the molecule is C[C@H](Oc1ccc(/C=C2\SC(=Nc3ccccc3)N(c3ccccc3)C2=O)cc1)C(=O)O. The van der Waals surface area contributed by atoms with Crippen LogP contribution < -0.4 is 9.64 Å². The number of thioether (sulfide) groups is 1. The first-order chi connectivity index (χ1) is 15.5. The van der Waals surface area contributed by atoms with E-state index in [4.69, 9.17) is 9.84 Å². The van der Waals surface area contributed by atoms with Gasteiger partial charge in [-0.25, -0.2) is 9.79 Å². The molecule has 1 amide bonds. The number of benzene rings is 3. The number of carbonyl (C=O) groups is 2. The fourth-order valence-electron chi connectivity index (χ4n) is 3.01. The van der Waals surface area contributed by atoms with E-state index < -0.39 is 12.1 Å². The number of carboxylic acids is 1. The normalized spacial score (nSPS) is 17.0. The van der Waals surface area contributed by atoms with E-state index in [0.29, 0.717) is 15.8 Å². The molecule has 7 heteroatoms. The van der Waals surface area contributed by atoms with E-state index in [9.17, 15) is 9.59 Å². The van der Waals surface area contributed by atoms with Gasteiger partial charge >= 0.3 is 5.97 Å². The molecule has 0 saturated carbocycles. The van der Waals surface area contributed by atoms with Crippen LogP contribution in [0.4, 0.5) is 11.4 Å². The molecular formula is C25H20N2O4S. The molecule has 1 fully saturated rings. The highest BCUT2D eigenvalue weighted by molar-refractivity contribution is 8.19. The van der Waals surface area contributed by atoms with Gasteiger partial charge in [-0.1, -0.05) is 48.5 Å². The fraction of sp³-hybridized carbons (Fsp3) is 0.0800. The first-order valence-corrected chi connectivity index (χ1v) is 10.8. The highest BCUT2D eigenvalue weighted by Crippen LogP contribution is 2.37. The van der Waals surface area contributed by atoms with Gasteiger partial charge < -0.3 is 9.84 Å². The lowest BCUT2D eigenvalue weighted by Crippen LogP contribution is -2.28. The van der Waals surface area contributed by atoms with Crippen molar-refractivity contribution in [2.24, 2.45) is 4.99 Å². The van der Waals surface area contributed by atoms with Crippen molar-refractivity contribution in [3.8, 4) is 5.75 Å². The summed E-state index contributed by atoms with van der Waals surface area (Å²) in [6, 6.07) is 25.8. The second kappa shape index (κ2) is 9.53. The van der Waals surface area contributed by atoms with Crippen molar-refractivity contribution in [3.63, 3.8) is 0 Å². The molecule has 6 nitrogen and oxygen atoms in total. The summed E-state index contributed by atoms with van der Waals surface area (Å²) in [5, 5.41) is 9.55. The second-order valence-corrected chi connectivity index (χ2v) is 7.99. The van der Waals surface area contributed by atoms with Crippen molar-refractivity contribution in [1.82, 2.24) is 0 Å². The Balaban J connectivity index is 1.63. The van der Waals surface area contributed by atoms with E-state index in [1.165, 1.54) is 18.7 Å². The molecule has 1 aliphatic heterocycles. The van der Waals surface area contributed by atoms with Crippen molar-refractivity contribution >= 4 is 46.3 Å². The first-order valence-electron chi connectivity index (χ1n) is 9.93. The molecule has 1 saturated heterocycles. The van der Waals surface area contributed by atoms with Crippen molar-refractivity contribution in [2.75, 3.05) is 4.90 Å². The summed E-state index contributed by atoms with van der Waals surface area (Å²) in [5.74, 6) is -0.740. The summed E-state index contributed by atoms with van der Waals surface area (Å²) < 4.78 is 5.36. The number of aliphatic carboxylic acids is 1. The maximum Gasteiger partial charge on any atom is 0.344 e. The molecule has 1 heterocycles. The number of amidine groups is 1. The Labute approximate surface area is 189 Å². The summed E-state index contributed by atoms with van der Waals surface area (Å²) >= 11 is 1.31. The van der Waals surface area contributed by atoms with Gasteiger partial charge in [0.1, 0.15) is 5.75 Å². The van der Waals surface area contributed by atoms with Crippen LogP contribution in [0.1, 0.15) is 12.5 Å². The quantitative estimate of drug-likeness (QED) is 0.519. The third kappa shape index (κ3) is 4.90. The third-order valence-electron chi connectivity index (χ3n) is 4.64. The minimum absolute atomic E-state index is 0.157. The van der Waals surface area contributed by atoms with E-state index in [1.807, 2.05) is 60.7 Å². The van der Waals surface area contributed by atoms with Gasteiger partial charge in [0.2, 0.25) is 0 Å². The Morgan fingerprint density at radius 1 is 1.00 bits per heavy atom. The van der Waals surface area contributed by atoms with Crippen LogP contribution in [-0.2, 0) is 9.59 Å². The molecule has 1 atom stereocenters. The molecule has 1 aliphatic rings. The first kappa shape index (κ1) is 21.4. The van der Waals surface area contributed by atoms with Crippen molar-refractivity contribution in [1.29, 1.82) is 0 Å². The average Bonchev–Trinajstić information content (AvgIpc) is 3.10. The Morgan fingerprint density at radius 3 is 2.25 bits per heavy atom. The van der Waals surface area contributed by atoms with Crippen LogP contribution in [0, 0.1) is 0 Å². The van der Waals surface area contributed by atoms with Gasteiger partial charge in [-0.15, -0.1) is 0 Å². The molecule has 0 aromatic heterocycles. The lowest BCUT2D eigenvalue weighted by molar-refractivity contribution is -0.144. The summed E-state index contributed by atoms with van der Waals surface area (Å²) in [6.45, 7) is 1.47. The maximum absolute atomic E-state index is 13.3. The number of aliphatic imine (C=N–C) groups is 1. The van der Waals surface area contributed by atoms with Crippen molar-refractivity contribution in [3.05, 3.63) is 95.4 Å². The van der Waals surface area contributed by atoms with E-state index in [2.05, 4.69) is 4.99 Å². The van der Waals surface area contributed by atoms with Gasteiger partial charge in [0, 0.05) is 0 Å². The molecule has 0 bridgehead atoms. The highest BCUT2D eigenvalue weighted by Gasteiger charge is 2.34. The van der Waals surface area contributed by atoms with Gasteiger partial charge in [-0.05, 0) is 66.7 Å². The smallest absolute Gasteiger partial charge is 0.344 e. The van der Waals surface area contributed by atoms with Crippen LogP contribution in [0.5, 0.6) is 5.75 Å². The zero-order valence-electron chi connectivity index (χ0n) is 17.2. The topological polar surface area (TPSA) is 79.2 Å². The number of para-hydroxylation sites is 2. The van der Waals surface area contributed by atoms with Crippen LogP contribution in [-0.4, -0.2) is 28.3 Å². The largest absolute Gasteiger partial charge is 0.479 e. The van der Waals surface area contributed by atoms with E-state index in [-0.39, 0.29) is 5.91 Å². The van der Waals surface area contributed by atoms with E-state index in [1.54, 1.807) is 35.2 Å². The van der Waals surface area contributed by atoms with Gasteiger partial charge in [0.05, 0.1) is 16.3 Å². The second-order valence-electron chi connectivity index (χ2n) is 6.98. The molecule has 4 rings (SSSR count). The maximum atomic E-state index is 13.3. The monoisotopic (exact) mass is 444 g/mol. The number of carboxylic acid groups (broad SMARTS) is 1. The molecule has 3 aromatic carbocycles. The van der Waals surface area contributed by atoms with Crippen LogP contribution >= 0.6 is 11.8 Å². The zero-order chi connectivity index (χ0) is 22.5. The van der Waals surface area contributed by atoms with Gasteiger partial charge in [0.25, 0.3) is 5.91 Å². The standard InChI is InChI=1S/C25H20N2O4S/c1-17(24(29)30)31-21-14-12-18(13-15-21)16-22-23(28)27(20-10-6-3-7-11-20)25(32-22)26-19-8-4-2-5-9-19/h2-17H,1H3,(H,29,30)/b22-16-,26-25?/t17-/m0/s1. The Hall–Kier alpha value is -3.84. The number of rotatable bonds is 6. The summed E-state index contributed by atoms with van der Waals surface area (Å²) in [7, 11) is 0. The Morgan fingerprint density at radius 2 is 1.62 bits per heavy atom. The molecule has 0 radical (unpaired) electrons. The highest BCUT2D eigenvalue weighted by atomic mass is 32.2. The number of carbonyl (C=O) groups excluding carboxylic acids is 1. The summed E-state index contributed by atoms with van der Waals surface area (Å²) in [6.07, 6.45) is 0.850. The number of anilines is 1. The third-order valence-corrected chi connectivity index (χ3v) is 5.61. The lowest BCUT2D eigenvalue weighted by atomic mass is 10.2. The van der Waals surface area contributed by atoms with Gasteiger partial charge in [-0.2, -0.15) is 0 Å². The van der Waals surface area contributed by atoms with Gasteiger partial charge in [-0.3, -0.25) is 9.69 Å². The number of amides is 1. The van der Waals surface area contributed by atoms with E-state index in [0.717, 1.165) is 16.9 Å². The molecule has 3 aromatic rings. The van der Waals surface area contributed by atoms with Crippen LogP contribution in [0.25, 0.3) is 6.08 Å². The molecule has 0 aliphatic carbocycles. The van der Waals surface area contributed by atoms with Crippen molar-refractivity contribution < 1.29 is 19.4 Å². The fourth-order valence-corrected chi connectivity index (χ4v) is 4.02. The summed E-state index contributed by atoms with van der Waals surface area (Å²) in [5.41, 5.74) is 2.30. The molecule has 0 spiro atoms. The molecule has 32 heavy (non-hydrogen) atoms. The predicted molar refractivity (Wildman–Crippen MR) is 127 cm³/mol. The van der Waals surface area contributed by atoms with Crippen LogP contribution in [0.3, 0.4) is 0 Å². The summed E-state index contributed by atoms with van der Waals surface area (Å²) in [4.78, 5) is 31.1. The number of hydrogen-bond donors (Lipinski definition) is 1. The molecule has 1 N–H and O–H groups in total. The molecule has 160 valence electrons. The number of ether oxygens (including phenoxy) is 1. The Kier molecular flexibility index (Phi) is 6.37. The van der Waals surface area contributed by atoms with E-state index >= 15 is 0 Å². The minimum Gasteiger partial charge on any atom is -0.479 e. The van der Waals surface area contributed by atoms with Crippen LogP contribution in [0.15, 0.2) is 94.8 Å². The average molecular weight is 445 g/mol. The molecule has 0 unspecified atom stereocenters. The Bertz CT molecular complexity index is 1180. The van der Waals surface area contributed by atoms with Crippen molar-refractivity contribution in [2.45, 2.75) is 13.0 Å². The number of hydrogen-bond acceptors (Lipinski definition) is 5. The predicted octanol–water partition coefficient (Wildman–Crippen LogP) is 5.35. The lowest BCUT2D eigenvalue weighted by Gasteiger charge is -2.15. The van der Waals surface area contributed by atoms with Gasteiger partial charge in [0.15, 0.2) is 11.3 Å². The minimum atomic E-state index is -1.03. The number of nitrogens with zero attached hydrogens (tertiary/aromatic N) is 2. The zero-order valence-corrected chi connectivity index (χ0v) is 18.0.